The highest BCUT2D eigenvalue weighted by Gasteiger charge is 2.33. The van der Waals surface area contributed by atoms with Crippen molar-refractivity contribution in [1.29, 1.82) is 0 Å². The van der Waals surface area contributed by atoms with Crippen LogP contribution in [0.1, 0.15) is 41.0 Å². The fourth-order valence-corrected chi connectivity index (χ4v) is 2.01. The lowest BCUT2D eigenvalue weighted by atomic mass is 9.98. The van der Waals surface area contributed by atoms with E-state index in [1.807, 2.05) is 18.9 Å². The summed E-state index contributed by atoms with van der Waals surface area (Å²) < 4.78 is 4.88. The molecule has 0 atom stereocenters. The molecule has 0 N–H and O–H groups in total. The molecule has 0 spiro atoms. The maximum absolute atomic E-state index is 11.3. The molecule has 0 fully saturated rings. The van der Waals surface area contributed by atoms with Gasteiger partial charge in [0.05, 0.1) is 12.1 Å². The van der Waals surface area contributed by atoms with Crippen LogP contribution in [0.15, 0.2) is 16.9 Å². The zero-order valence-electron chi connectivity index (χ0n) is 10.7. The summed E-state index contributed by atoms with van der Waals surface area (Å²) >= 11 is 0. The first kappa shape index (κ1) is 12.7. The first-order valence-electron chi connectivity index (χ1n) is 5.56. The highest BCUT2D eigenvalue weighted by molar-refractivity contribution is 5.85. The van der Waals surface area contributed by atoms with E-state index in [1.165, 1.54) is 6.08 Å². The number of hydrogen-bond donors (Lipinski definition) is 0. The Morgan fingerprint density at radius 3 is 2.69 bits per heavy atom. The highest BCUT2D eigenvalue weighted by Crippen LogP contribution is 2.30. The Labute approximate surface area is 97.0 Å². The molecular weight excluding hydrogens is 204 g/mol. The Hall–Kier alpha value is -1.32. The molecule has 4 nitrogen and oxygen atoms in total. The van der Waals surface area contributed by atoms with Gasteiger partial charge in [0.15, 0.2) is 0 Å². The van der Waals surface area contributed by atoms with E-state index >= 15 is 0 Å². The molecule has 0 unspecified atom stereocenters. The number of esters is 1. The lowest BCUT2D eigenvalue weighted by Crippen LogP contribution is -2.35. The quantitative estimate of drug-likeness (QED) is 0.545. The summed E-state index contributed by atoms with van der Waals surface area (Å²) in [5.74, 6) is -0.310. The van der Waals surface area contributed by atoms with Crippen molar-refractivity contribution < 1.29 is 9.53 Å². The fourth-order valence-electron chi connectivity index (χ4n) is 2.01. The monoisotopic (exact) mass is 224 g/mol. The summed E-state index contributed by atoms with van der Waals surface area (Å²) in [6.45, 7) is 10.3. The second-order valence-corrected chi connectivity index (χ2v) is 4.67. The van der Waals surface area contributed by atoms with Crippen LogP contribution < -0.4 is 0 Å². The minimum absolute atomic E-state index is 0.0584. The maximum atomic E-state index is 11.3. The van der Waals surface area contributed by atoms with Gasteiger partial charge in [0.1, 0.15) is 0 Å². The second-order valence-electron chi connectivity index (χ2n) is 4.67. The third-order valence-corrected chi connectivity index (χ3v) is 2.48. The molecule has 0 bridgehead atoms. The van der Waals surface area contributed by atoms with Crippen molar-refractivity contribution in [3.8, 4) is 0 Å². The molecule has 4 heteroatoms. The van der Waals surface area contributed by atoms with Crippen molar-refractivity contribution in [2.24, 2.45) is 5.10 Å². The average Bonchev–Trinajstić information content (AvgIpc) is 2.39. The average molecular weight is 224 g/mol. The van der Waals surface area contributed by atoms with Crippen molar-refractivity contribution in [3.63, 3.8) is 0 Å². The van der Waals surface area contributed by atoms with Crippen LogP contribution in [0.4, 0.5) is 0 Å². The van der Waals surface area contributed by atoms with Crippen molar-refractivity contribution in [3.05, 3.63) is 11.8 Å². The van der Waals surface area contributed by atoms with Crippen molar-refractivity contribution >= 4 is 11.7 Å². The third kappa shape index (κ3) is 2.84. The van der Waals surface area contributed by atoms with E-state index in [4.69, 9.17) is 4.74 Å². The molecule has 1 aliphatic rings. The van der Waals surface area contributed by atoms with Crippen LogP contribution in [0.5, 0.6) is 0 Å². The van der Waals surface area contributed by atoms with Crippen molar-refractivity contribution in [1.82, 2.24) is 5.01 Å². The Bertz CT molecular complexity index is 343. The van der Waals surface area contributed by atoms with E-state index in [1.54, 1.807) is 6.92 Å². The van der Waals surface area contributed by atoms with Gasteiger partial charge in [0, 0.05) is 23.9 Å². The number of ether oxygens (including phenoxy) is 1. The van der Waals surface area contributed by atoms with Crippen molar-refractivity contribution in [2.45, 2.75) is 46.6 Å². The van der Waals surface area contributed by atoms with Gasteiger partial charge in [-0.1, -0.05) is 0 Å². The molecule has 0 saturated carbocycles. The molecule has 0 saturated heterocycles. The number of allylic oxidation sites excluding steroid dienone is 1. The van der Waals surface area contributed by atoms with Crippen LogP contribution in [-0.2, 0) is 9.53 Å². The standard InChI is InChI=1S/C12H20N2O2/c1-6-16-11(15)7-10(3)14-12(4,5)8-9(2)13-14/h7H,6,8H2,1-5H3. The Morgan fingerprint density at radius 2 is 2.25 bits per heavy atom. The number of rotatable bonds is 3. The minimum atomic E-state index is -0.310. The zero-order valence-corrected chi connectivity index (χ0v) is 10.7. The summed E-state index contributed by atoms with van der Waals surface area (Å²) in [5.41, 5.74) is 1.85. The SMILES string of the molecule is CCOC(=O)C=C(C)N1N=C(C)CC1(C)C. The molecule has 0 radical (unpaired) electrons. The van der Waals surface area contributed by atoms with Gasteiger partial charge in [-0.3, -0.25) is 5.01 Å². The molecular formula is C12H20N2O2. The van der Waals surface area contributed by atoms with Crippen LogP contribution >= 0.6 is 0 Å². The molecule has 0 aromatic heterocycles. The summed E-state index contributed by atoms with van der Waals surface area (Å²) in [5, 5.41) is 6.32. The first-order chi connectivity index (χ1) is 7.36. The molecule has 1 rings (SSSR count). The molecule has 1 aliphatic heterocycles. The van der Waals surface area contributed by atoms with Gasteiger partial charge >= 0.3 is 5.97 Å². The largest absolute Gasteiger partial charge is 0.463 e. The number of carbonyl (C=O) groups is 1. The van der Waals surface area contributed by atoms with Gasteiger partial charge in [-0.15, -0.1) is 0 Å². The molecule has 90 valence electrons. The van der Waals surface area contributed by atoms with Gasteiger partial charge in [-0.25, -0.2) is 4.79 Å². The zero-order chi connectivity index (χ0) is 12.3. The van der Waals surface area contributed by atoms with Crippen LogP contribution in [-0.4, -0.2) is 28.8 Å². The molecule has 0 aliphatic carbocycles. The topological polar surface area (TPSA) is 41.9 Å². The molecule has 16 heavy (non-hydrogen) atoms. The number of hydrazone groups is 1. The Balaban J connectivity index is 2.81. The molecule has 1 heterocycles. The summed E-state index contributed by atoms with van der Waals surface area (Å²) in [6.07, 6.45) is 2.41. The highest BCUT2D eigenvalue weighted by atomic mass is 16.5. The molecule has 0 aromatic rings. The van der Waals surface area contributed by atoms with Gasteiger partial charge in [-0.05, 0) is 34.6 Å². The van der Waals surface area contributed by atoms with E-state index < -0.39 is 0 Å². The van der Waals surface area contributed by atoms with Crippen LogP contribution in [0, 0.1) is 0 Å². The van der Waals surface area contributed by atoms with Gasteiger partial charge in [0.2, 0.25) is 0 Å². The predicted octanol–water partition coefficient (Wildman–Crippen LogP) is 2.31. The van der Waals surface area contributed by atoms with Gasteiger partial charge < -0.3 is 4.74 Å². The molecule has 0 amide bonds. The summed E-state index contributed by atoms with van der Waals surface area (Å²) in [7, 11) is 0. The van der Waals surface area contributed by atoms with E-state index in [9.17, 15) is 4.79 Å². The normalized spacial score (nSPS) is 19.7. The van der Waals surface area contributed by atoms with E-state index in [-0.39, 0.29) is 11.5 Å². The third-order valence-electron chi connectivity index (χ3n) is 2.48. The maximum Gasteiger partial charge on any atom is 0.332 e. The predicted molar refractivity (Wildman–Crippen MR) is 64.0 cm³/mol. The van der Waals surface area contributed by atoms with Crippen LogP contribution in [0.25, 0.3) is 0 Å². The van der Waals surface area contributed by atoms with Gasteiger partial charge in [0.25, 0.3) is 0 Å². The smallest absolute Gasteiger partial charge is 0.332 e. The lowest BCUT2D eigenvalue weighted by Gasteiger charge is -2.30. The van der Waals surface area contributed by atoms with E-state index in [0.29, 0.717) is 6.61 Å². The summed E-state index contributed by atoms with van der Waals surface area (Å²) in [4.78, 5) is 11.3. The number of carbonyl (C=O) groups excluding carboxylic acids is 1. The number of hydrogen-bond acceptors (Lipinski definition) is 4. The second kappa shape index (κ2) is 4.68. The fraction of sp³-hybridized carbons (Fsp3) is 0.667. The van der Waals surface area contributed by atoms with Crippen molar-refractivity contribution in [2.75, 3.05) is 6.61 Å². The molecule has 0 aromatic carbocycles. The van der Waals surface area contributed by atoms with E-state index in [0.717, 1.165) is 17.8 Å². The minimum Gasteiger partial charge on any atom is -0.463 e. The van der Waals surface area contributed by atoms with Crippen LogP contribution in [0.3, 0.4) is 0 Å². The Morgan fingerprint density at radius 1 is 1.62 bits per heavy atom. The number of nitrogens with zero attached hydrogens (tertiary/aromatic N) is 2. The Kier molecular flexibility index (Phi) is 3.73. The van der Waals surface area contributed by atoms with Crippen LogP contribution in [0.2, 0.25) is 0 Å². The lowest BCUT2D eigenvalue weighted by molar-refractivity contribution is -0.137. The summed E-state index contributed by atoms with van der Waals surface area (Å²) in [6, 6.07) is 0. The van der Waals surface area contributed by atoms with E-state index in [2.05, 4.69) is 18.9 Å². The first-order valence-corrected chi connectivity index (χ1v) is 5.56. The van der Waals surface area contributed by atoms with Gasteiger partial charge in [-0.2, -0.15) is 5.10 Å².